The zero-order chi connectivity index (χ0) is 21.9. The van der Waals surface area contributed by atoms with Crippen LogP contribution in [-0.2, 0) is 4.79 Å². The summed E-state index contributed by atoms with van der Waals surface area (Å²) < 4.78 is 0. The van der Waals surface area contributed by atoms with Gasteiger partial charge in [0, 0.05) is 11.8 Å². The highest BCUT2D eigenvalue weighted by atomic mass is 16.1. The van der Waals surface area contributed by atoms with E-state index in [0.29, 0.717) is 11.2 Å². The Balaban J connectivity index is 1.54. The van der Waals surface area contributed by atoms with E-state index >= 15 is 0 Å². The Kier molecular flexibility index (Phi) is 5.85. The number of carbonyl (C=O) groups is 1. The molecule has 0 heterocycles. The molecule has 7 atom stereocenters. The maximum absolute atomic E-state index is 12.7. The van der Waals surface area contributed by atoms with Gasteiger partial charge in [-0.15, -0.1) is 0 Å². The van der Waals surface area contributed by atoms with E-state index in [2.05, 4.69) is 54.5 Å². The summed E-state index contributed by atoms with van der Waals surface area (Å²) in [6.45, 7) is 16.9. The lowest BCUT2D eigenvalue weighted by Crippen LogP contribution is -2.53. The van der Waals surface area contributed by atoms with E-state index in [1.54, 1.807) is 0 Å². The van der Waals surface area contributed by atoms with E-state index in [4.69, 9.17) is 0 Å². The molecular formula is C29H48O. The molecule has 0 spiro atoms. The van der Waals surface area contributed by atoms with E-state index in [-0.39, 0.29) is 10.8 Å². The molecule has 0 unspecified atom stereocenters. The van der Waals surface area contributed by atoms with Gasteiger partial charge in [0.1, 0.15) is 5.78 Å². The molecule has 0 aromatic heterocycles. The van der Waals surface area contributed by atoms with E-state index in [1.165, 1.54) is 56.9 Å². The average molecular weight is 413 g/mol. The number of allylic oxidation sites excluding steroid dienone is 2. The Hall–Kier alpha value is -0.590. The van der Waals surface area contributed by atoms with Crippen molar-refractivity contribution >= 4 is 5.78 Å². The van der Waals surface area contributed by atoms with Crippen LogP contribution in [0.15, 0.2) is 11.6 Å². The number of hydrogen-bond acceptors (Lipinski definition) is 1. The first-order chi connectivity index (χ1) is 14.0. The van der Waals surface area contributed by atoms with Crippen LogP contribution >= 0.6 is 0 Å². The number of ketones is 1. The molecule has 1 nitrogen and oxygen atoms in total. The van der Waals surface area contributed by atoms with Crippen LogP contribution in [-0.4, -0.2) is 5.78 Å². The van der Waals surface area contributed by atoms with Gasteiger partial charge in [0.05, 0.1) is 0 Å². The molecule has 0 amide bonds. The highest BCUT2D eigenvalue weighted by Crippen LogP contribution is 2.68. The minimum Gasteiger partial charge on any atom is -0.299 e. The highest BCUT2D eigenvalue weighted by Gasteiger charge is 2.61. The molecule has 0 aliphatic heterocycles. The van der Waals surface area contributed by atoms with Crippen molar-refractivity contribution in [1.29, 1.82) is 0 Å². The van der Waals surface area contributed by atoms with Crippen molar-refractivity contribution in [3.63, 3.8) is 0 Å². The Bertz CT molecular complexity index is 699. The largest absolute Gasteiger partial charge is 0.299 e. The fourth-order valence-corrected chi connectivity index (χ4v) is 9.24. The lowest BCUT2D eigenvalue weighted by molar-refractivity contribution is -0.132. The molecule has 0 saturated heterocycles. The fourth-order valence-electron chi connectivity index (χ4n) is 9.24. The summed E-state index contributed by atoms with van der Waals surface area (Å²) in [5.41, 5.74) is 2.10. The fraction of sp³-hybridized carbons (Fsp3) is 0.897. The molecule has 30 heavy (non-hydrogen) atoms. The predicted octanol–water partition coefficient (Wildman–Crippen LogP) is 8.23. The average Bonchev–Trinajstić information content (AvgIpc) is 3.02. The molecular weight excluding hydrogens is 364 g/mol. The molecule has 170 valence electrons. The molecule has 3 fully saturated rings. The molecule has 0 N–H and O–H groups in total. The second-order valence-electron chi connectivity index (χ2n) is 13.2. The van der Waals surface area contributed by atoms with Crippen molar-refractivity contribution in [3.8, 4) is 0 Å². The SMILES string of the molecule is CC(C)CCC[C@H](C)[C@H]1CC[C@H]2[C@@H]3CC=C4C(C)(C)C(=O)CC[C@]4(C)[C@H]3CC[C@]12C. The van der Waals surface area contributed by atoms with Crippen LogP contribution < -0.4 is 0 Å². The third-order valence-corrected chi connectivity index (χ3v) is 10.9. The second-order valence-corrected chi connectivity index (χ2v) is 13.2. The van der Waals surface area contributed by atoms with Gasteiger partial charge in [-0.05, 0) is 98.7 Å². The van der Waals surface area contributed by atoms with Crippen molar-refractivity contribution in [1.82, 2.24) is 0 Å². The van der Waals surface area contributed by atoms with E-state index in [9.17, 15) is 4.79 Å². The first kappa shape index (κ1) is 22.6. The van der Waals surface area contributed by atoms with Crippen LogP contribution in [0, 0.1) is 51.8 Å². The van der Waals surface area contributed by atoms with Crippen LogP contribution in [0.1, 0.15) is 113 Å². The summed E-state index contributed by atoms with van der Waals surface area (Å²) in [5, 5.41) is 0. The zero-order valence-corrected chi connectivity index (χ0v) is 21.0. The van der Waals surface area contributed by atoms with Gasteiger partial charge in [-0.25, -0.2) is 0 Å². The number of hydrogen-bond donors (Lipinski definition) is 0. The Morgan fingerprint density at radius 2 is 1.70 bits per heavy atom. The van der Waals surface area contributed by atoms with Gasteiger partial charge in [-0.2, -0.15) is 0 Å². The molecule has 1 heteroatoms. The van der Waals surface area contributed by atoms with Gasteiger partial charge < -0.3 is 0 Å². The third kappa shape index (κ3) is 3.36. The van der Waals surface area contributed by atoms with Gasteiger partial charge in [-0.1, -0.05) is 65.5 Å². The first-order valence-electron chi connectivity index (χ1n) is 13.3. The van der Waals surface area contributed by atoms with Crippen LogP contribution in [0.4, 0.5) is 0 Å². The lowest BCUT2D eigenvalue weighted by Gasteiger charge is -2.60. The molecule has 0 radical (unpaired) electrons. The van der Waals surface area contributed by atoms with Crippen LogP contribution in [0.5, 0.6) is 0 Å². The normalized spacial score (nSPS) is 43.6. The second kappa shape index (κ2) is 7.77. The Labute approximate surface area is 186 Å². The number of Topliss-reactive ketones (excluding diaryl/α,β-unsaturated/α-hetero) is 1. The zero-order valence-electron chi connectivity index (χ0n) is 21.0. The predicted molar refractivity (Wildman–Crippen MR) is 127 cm³/mol. The van der Waals surface area contributed by atoms with Crippen molar-refractivity contribution < 1.29 is 4.79 Å². The summed E-state index contributed by atoms with van der Waals surface area (Å²) in [4.78, 5) is 12.7. The Morgan fingerprint density at radius 1 is 0.967 bits per heavy atom. The van der Waals surface area contributed by atoms with Gasteiger partial charge in [-0.3, -0.25) is 4.79 Å². The van der Waals surface area contributed by atoms with E-state index < -0.39 is 0 Å². The number of carbonyl (C=O) groups excluding carboxylic acids is 1. The molecule has 3 saturated carbocycles. The van der Waals surface area contributed by atoms with Crippen molar-refractivity contribution in [3.05, 3.63) is 11.6 Å². The maximum atomic E-state index is 12.7. The summed E-state index contributed by atoms with van der Waals surface area (Å²) in [6, 6.07) is 0. The maximum Gasteiger partial charge on any atom is 0.142 e. The topological polar surface area (TPSA) is 17.1 Å². The van der Waals surface area contributed by atoms with Gasteiger partial charge in [0.25, 0.3) is 0 Å². The van der Waals surface area contributed by atoms with Gasteiger partial charge in [0.2, 0.25) is 0 Å². The minimum atomic E-state index is -0.234. The number of fused-ring (bicyclic) bond motifs is 5. The number of rotatable bonds is 5. The van der Waals surface area contributed by atoms with Gasteiger partial charge >= 0.3 is 0 Å². The lowest BCUT2D eigenvalue weighted by atomic mass is 9.44. The molecule has 0 bridgehead atoms. The molecule has 4 aliphatic carbocycles. The van der Waals surface area contributed by atoms with Crippen molar-refractivity contribution in [2.24, 2.45) is 51.8 Å². The Morgan fingerprint density at radius 3 is 2.40 bits per heavy atom. The minimum absolute atomic E-state index is 0.234. The molecule has 0 aromatic carbocycles. The summed E-state index contributed by atoms with van der Waals surface area (Å²) in [5.74, 6) is 5.69. The molecule has 4 aliphatic rings. The summed E-state index contributed by atoms with van der Waals surface area (Å²) in [7, 11) is 0. The van der Waals surface area contributed by atoms with E-state index in [0.717, 1.165) is 48.3 Å². The quantitative estimate of drug-likeness (QED) is 0.415. The van der Waals surface area contributed by atoms with Crippen LogP contribution in [0.3, 0.4) is 0 Å². The molecule has 0 aromatic rings. The van der Waals surface area contributed by atoms with Crippen molar-refractivity contribution in [2.45, 2.75) is 113 Å². The molecule has 4 rings (SSSR count). The monoisotopic (exact) mass is 412 g/mol. The summed E-state index contributed by atoms with van der Waals surface area (Å²) >= 11 is 0. The van der Waals surface area contributed by atoms with Gasteiger partial charge in [0.15, 0.2) is 0 Å². The van der Waals surface area contributed by atoms with Crippen molar-refractivity contribution in [2.75, 3.05) is 0 Å². The smallest absolute Gasteiger partial charge is 0.142 e. The standard InChI is InChI=1S/C29H48O/c1-19(2)9-8-10-20(3)22-12-13-23-21-11-14-25-27(4,5)26(30)16-18-29(25,7)24(21)15-17-28(22,23)6/h14,19-24H,8-13,15-18H2,1-7H3/t20-,21-,22+,23-,24-,28+,29+/m0/s1. The summed E-state index contributed by atoms with van der Waals surface area (Å²) in [6.07, 6.45) is 15.7. The third-order valence-electron chi connectivity index (χ3n) is 10.9. The van der Waals surface area contributed by atoms with Crippen LogP contribution in [0.25, 0.3) is 0 Å². The van der Waals surface area contributed by atoms with E-state index in [1.807, 2.05) is 0 Å². The highest BCUT2D eigenvalue weighted by molar-refractivity contribution is 5.89. The van der Waals surface area contributed by atoms with Crippen LogP contribution in [0.2, 0.25) is 0 Å². The first-order valence-corrected chi connectivity index (χ1v) is 13.3.